The second-order valence-corrected chi connectivity index (χ2v) is 5.04. The molecule has 0 spiro atoms. The van der Waals surface area contributed by atoms with Crippen molar-refractivity contribution in [3.63, 3.8) is 0 Å². The van der Waals surface area contributed by atoms with E-state index in [1.54, 1.807) is 0 Å². The van der Waals surface area contributed by atoms with Gasteiger partial charge in [-0.3, -0.25) is 9.89 Å². The minimum atomic E-state index is 0. The van der Waals surface area contributed by atoms with Crippen LogP contribution in [0.1, 0.15) is 46.0 Å². The van der Waals surface area contributed by atoms with Gasteiger partial charge in [-0.2, -0.15) is 0 Å². The normalized spacial score (nSPS) is 17.9. The van der Waals surface area contributed by atoms with E-state index in [4.69, 9.17) is 0 Å². The summed E-state index contributed by atoms with van der Waals surface area (Å²) in [4.78, 5) is 6.87. The zero-order valence-electron chi connectivity index (χ0n) is 12.7. The van der Waals surface area contributed by atoms with Crippen molar-refractivity contribution in [3.8, 4) is 0 Å². The lowest BCUT2D eigenvalue weighted by atomic mass is 10.2. The van der Waals surface area contributed by atoms with Crippen LogP contribution in [0.5, 0.6) is 0 Å². The Balaban J connectivity index is 0.00000324. The second kappa shape index (κ2) is 11.8. The van der Waals surface area contributed by atoms with E-state index in [0.29, 0.717) is 6.04 Å². The number of hydrogen-bond acceptors (Lipinski definition) is 2. The maximum absolute atomic E-state index is 4.27. The van der Waals surface area contributed by atoms with Crippen LogP contribution in [-0.2, 0) is 0 Å². The van der Waals surface area contributed by atoms with Gasteiger partial charge in [0.2, 0.25) is 0 Å². The molecule has 0 aromatic heterocycles. The third-order valence-electron chi connectivity index (χ3n) is 3.68. The molecule has 0 aromatic rings. The van der Waals surface area contributed by atoms with Crippen molar-refractivity contribution in [2.75, 3.05) is 33.2 Å². The Labute approximate surface area is 135 Å². The Morgan fingerprint density at radius 2 is 1.89 bits per heavy atom. The van der Waals surface area contributed by atoms with Crippen molar-refractivity contribution >= 4 is 29.9 Å². The molecule has 0 amide bonds. The molecule has 5 heteroatoms. The first-order chi connectivity index (χ1) is 8.81. The summed E-state index contributed by atoms with van der Waals surface area (Å²) in [6.45, 7) is 9.03. The molecular weight excluding hydrogens is 351 g/mol. The van der Waals surface area contributed by atoms with Crippen molar-refractivity contribution in [1.29, 1.82) is 0 Å². The molecule has 0 bridgehead atoms. The van der Waals surface area contributed by atoms with Crippen molar-refractivity contribution < 1.29 is 0 Å². The van der Waals surface area contributed by atoms with Crippen LogP contribution < -0.4 is 10.6 Å². The van der Waals surface area contributed by atoms with Gasteiger partial charge in [-0.15, -0.1) is 24.0 Å². The summed E-state index contributed by atoms with van der Waals surface area (Å²) in [7, 11) is 1.85. The van der Waals surface area contributed by atoms with E-state index in [2.05, 4.69) is 34.4 Å². The van der Waals surface area contributed by atoms with E-state index in [-0.39, 0.29) is 24.0 Å². The van der Waals surface area contributed by atoms with Gasteiger partial charge in [-0.25, -0.2) is 0 Å². The Kier molecular flexibility index (Phi) is 11.7. The Morgan fingerprint density at radius 1 is 1.21 bits per heavy atom. The molecule has 1 atom stereocenters. The summed E-state index contributed by atoms with van der Waals surface area (Å²) in [5.41, 5.74) is 0. The van der Waals surface area contributed by atoms with Gasteiger partial charge in [0.1, 0.15) is 0 Å². The van der Waals surface area contributed by atoms with Crippen molar-refractivity contribution in [3.05, 3.63) is 0 Å². The molecule has 1 aliphatic rings. The number of guanidine groups is 1. The number of halogens is 1. The number of aliphatic imine (C=N–C) groups is 1. The summed E-state index contributed by atoms with van der Waals surface area (Å²) >= 11 is 0. The zero-order valence-corrected chi connectivity index (χ0v) is 15.1. The van der Waals surface area contributed by atoms with Gasteiger partial charge in [0.25, 0.3) is 0 Å². The predicted molar refractivity (Wildman–Crippen MR) is 94.6 cm³/mol. The van der Waals surface area contributed by atoms with Gasteiger partial charge in [-0.1, -0.05) is 20.3 Å². The molecule has 0 radical (unpaired) electrons. The average Bonchev–Trinajstić information content (AvgIpc) is 2.91. The van der Waals surface area contributed by atoms with Crippen LogP contribution in [0.3, 0.4) is 0 Å². The molecule has 1 fully saturated rings. The molecule has 1 saturated heterocycles. The van der Waals surface area contributed by atoms with Crippen LogP contribution in [0, 0.1) is 0 Å². The molecule has 1 aliphatic heterocycles. The van der Waals surface area contributed by atoms with Gasteiger partial charge >= 0.3 is 0 Å². The van der Waals surface area contributed by atoms with Gasteiger partial charge < -0.3 is 10.6 Å². The molecule has 114 valence electrons. The summed E-state index contributed by atoms with van der Waals surface area (Å²) in [5, 5.41) is 6.81. The first-order valence-corrected chi connectivity index (χ1v) is 7.50. The number of rotatable bonds is 7. The highest BCUT2D eigenvalue weighted by molar-refractivity contribution is 14.0. The van der Waals surface area contributed by atoms with E-state index in [9.17, 15) is 0 Å². The van der Waals surface area contributed by atoms with Crippen molar-refractivity contribution in [2.24, 2.45) is 4.99 Å². The fourth-order valence-electron chi connectivity index (χ4n) is 2.46. The summed E-state index contributed by atoms with van der Waals surface area (Å²) in [6, 6.07) is 0.650. The Hall–Kier alpha value is -0.0400. The molecule has 0 saturated carbocycles. The lowest BCUT2D eigenvalue weighted by molar-refractivity contribution is 0.236. The maximum Gasteiger partial charge on any atom is 0.191 e. The largest absolute Gasteiger partial charge is 0.356 e. The van der Waals surface area contributed by atoms with Crippen LogP contribution >= 0.6 is 24.0 Å². The highest BCUT2D eigenvalue weighted by atomic mass is 127. The maximum atomic E-state index is 4.27. The van der Waals surface area contributed by atoms with E-state index >= 15 is 0 Å². The van der Waals surface area contributed by atoms with E-state index in [1.807, 2.05) is 7.05 Å². The number of unbranched alkanes of at least 4 members (excludes halogenated alkanes) is 1. The minimum Gasteiger partial charge on any atom is -0.356 e. The number of hydrogen-bond donors (Lipinski definition) is 2. The summed E-state index contributed by atoms with van der Waals surface area (Å²) in [6.07, 6.45) is 6.35. The number of nitrogens with zero attached hydrogens (tertiary/aromatic N) is 2. The van der Waals surface area contributed by atoms with Crippen LogP contribution in [-0.4, -0.2) is 50.1 Å². The van der Waals surface area contributed by atoms with E-state index in [1.165, 1.54) is 45.2 Å². The number of likely N-dealkylation sites (tertiary alicyclic amines) is 1. The van der Waals surface area contributed by atoms with E-state index < -0.39 is 0 Å². The van der Waals surface area contributed by atoms with Gasteiger partial charge in [-0.05, 0) is 38.8 Å². The highest BCUT2D eigenvalue weighted by Gasteiger charge is 2.20. The van der Waals surface area contributed by atoms with Crippen LogP contribution in [0.25, 0.3) is 0 Å². The van der Waals surface area contributed by atoms with Gasteiger partial charge in [0.05, 0.1) is 0 Å². The molecule has 1 rings (SSSR count). The zero-order chi connectivity index (χ0) is 13.2. The lowest BCUT2D eigenvalue weighted by Crippen LogP contribution is -2.46. The topological polar surface area (TPSA) is 39.7 Å². The fourth-order valence-corrected chi connectivity index (χ4v) is 2.46. The highest BCUT2D eigenvalue weighted by Crippen LogP contribution is 2.13. The average molecular weight is 382 g/mol. The molecule has 2 N–H and O–H groups in total. The minimum absolute atomic E-state index is 0. The monoisotopic (exact) mass is 382 g/mol. The first-order valence-electron chi connectivity index (χ1n) is 7.50. The third kappa shape index (κ3) is 7.34. The van der Waals surface area contributed by atoms with Gasteiger partial charge in [0, 0.05) is 26.2 Å². The smallest absolute Gasteiger partial charge is 0.191 e. The van der Waals surface area contributed by atoms with Gasteiger partial charge in [0.15, 0.2) is 5.96 Å². The third-order valence-corrected chi connectivity index (χ3v) is 3.68. The Morgan fingerprint density at radius 3 is 2.42 bits per heavy atom. The van der Waals surface area contributed by atoms with Crippen molar-refractivity contribution in [2.45, 2.75) is 52.0 Å². The molecular formula is C14H31IN4. The quantitative estimate of drug-likeness (QED) is 0.308. The fraction of sp³-hybridized carbons (Fsp3) is 0.929. The molecule has 19 heavy (non-hydrogen) atoms. The summed E-state index contributed by atoms with van der Waals surface area (Å²) in [5.74, 6) is 0.945. The molecule has 0 aromatic carbocycles. The SMILES string of the molecule is CCCCNC(=NC)NCC(CC)N1CCCC1.I. The van der Waals surface area contributed by atoms with Crippen LogP contribution in [0.15, 0.2) is 4.99 Å². The second-order valence-electron chi connectivity index (χ2n) is 5.04. The van der Waals surface area contributed by atoms with E-state index in [0.717, 1.165) is 19.0 Å². The molecule has 4 nitrogen and oxygen atoms in total. The molecule has 0 aliphatic carbocycles. The predicted octanol–water partition coefficient (Wildman–Crippen LogP) is 2.44. The first kappa shape index (κ1) is 19.0. The summed E-state index contributed by atoms with van der Waals surface area (Å²) < 4.78 is 0. The lowest BCUT2D eigenvalue weighted by Gasteiger charge is -2.27. The van der Waals surface area contributed by atoms with Crippen LogP contribution in [0.4, 0.5) is 0 Å². The molecule has 1 unspecified atom stereocenters. The standard InChI is InChI=1S/C14H30N4.HI/c1-4-6-9-16-14(15-3)17-12-13(5-2)18-10-7-8-11-18;/h13H,4-12H2,1-3H3,(H2,15,16,17);1H. The molecule has 1 heterocycles. The van der Waals surface area contributed by atoms with Crippen molar-refractivity contribution in [1.82, 2.24) is 15.5 Å². The van der Waals surface area contributed by atoms with Crippen LogP contribution in [0.2, 0.25) is 0 Å². The number of nitrogens with one attached hydrogen (secondary N) is 2. The Bertz CT molecular complexity index is 240.